The second kappa shape index (κ2) is 10.2. The van der Waals surface area contributed by atoms with Gasteiger partial charge in [-0.05, 0) is 42.8 Å². The normalized spacial score (nSPS) is 16.7. The molecule has 0 aliphatic heterocycles. The lowest BCUT2D eigenvalue weighted by Crippen LogP contribution is -2.75. The Bertz CT molecular complexity index is 1190. The van der Waals surface area contributed by atoms with Gasteiger partial charge in [-0.25, -0.2) is 0 Å². The minimum atomic E-state index is -8.69. The zero-order valence-corrected chi connectivity index (χ0v) is 20.8. The first-order chi connectivity index (χ1) is 18.1. The van der Waals surface area contributed by atoms with Crippen molar-refractivity contribution in [1.29, 1.82) is 0 Å². The maximum Gasteiger partial charge on any atom is 0.393 e. The summed E-state index contributed by atoms with van der Waals surface area (Å²) in [7, 11) is 0. The van der Waals surface area contributed by atoms with E-state index in [1.54, 1.807) is 0 Å². The lowest BCUT2D eigenvalue weighted by Gasteiger charge is -2.42. The standard InChI is InChI=1S/C19H13ClF16N2O2S/c20-19(35,36)18(33,34)17(31,32)16(29,30)15(27,28)14(25,26)13(23,24)12(21,22)11(40)38-10-8(9(37)39)6-4-2-1-3-5-7(6)41-10/h1-5H2,(H2,37,39)(H,38,40). The molecule has 2 rings (SSSR count). The SMILES string of the molecule is NC(=O)c1c(NC(=O)C(F)(F)C(F)(F)C(F)(F)C(F)(F)C(F)(F)C(F)(F)C(F)(F)C(F)(F)Cl)sc2c1CCCCC2. The molecule has 0 fully saturated rings. The third-order valence-corrected chi connectivity index (χ3v) is 7.35. The number of aryl methyl sites for hydroxylation is 1. The molecule has 1 aromatic rings. The molecule has 4 nitrogen and oxygen atoms in total. The van der Waals surface area contributed by atoms with Gasteiger partial charge in [0.05, 0.1) is 5.56 Å². The molecule has 1 heterocycles. The highest BCUT2D eigenvalue weighted by Crippen LogP contribution is 2.64. The van der Waals surface area contributed by atoms with Crippen LogP contribution in [0.1, 0.15) is 40.1 Å². The Labute approximate surface area is 226 Å². The molecule has 1 aliphatic carbocycles. The fourth-order valence-electron chi connectivity index (χ4n) is 3.58. The van der Waals surface area contributed by atoms with E-state index in [-0.39, 0.29) is 34.6 Å². The van der Waals surface area contributed by atoms with Gasteiger partial charge in [-0.2, -0.15) is 70.2 Å². The van der Waals surface area contributed by atoms with E-state index in [1.165, 1.54) is 0 Å². The Morgan fingerprint density at radius 3 is 1.51 bits per heavy atom. The highest BCUT2D eigenvalue weighted by molar-refractivity contribution is 7.17. The number of thiophene rings is 1. The molecule has 0 saturated heterocycles. The number of carbonyl (C=O) groups is 2. The minimum absolute atomic E-state index is 0.0199. The van der Waals surface area contributed by atoms with Crippen molar-refractivity contribution in [1.82, 2.24) is 0 Å². The van der Waals surface area contributed by atoms with E-state index in [9.17, 15) is 79.8 Å². The zero-order chi connectivity index (χ0) is 32.4. The van der Waals surface area contributed by atoms with Gasteiger partial charge in [0, 0.05) is 4.88 Å². The van der Waals surface area contributed by atoms with Crippen LogP contribution in [0.3, 0.4) is 0 Å². The molecular weight excluding hydrogens is 660 g/mol. The summed E-state index contributed by atoms with van der Waals surface area (Å²) in [5.74, 6) is -62.6. The van der Waals surface area contributed by atoms with Crippen LogP contribution in [-0.4, -0.2) is 58.7 Å². The summed E-state index contributed by atoms with van der Waals surface area (Å²) in [6.07, 6.45) is 1.49. The molecule has 2 amide bonds. The number of fused-ring (bicyclic) bond motifs is 1. The van der Waals surface area contributed by atoms with Crippen molar-refractivity contribution >= 4 is 39.8 Å². The molecule has 0 atom stereocenters. The molecule has 236 valence electrons. The predicted molar refractivity (Wildman–Crippen MR) is 108 cm³/mol. The fourth-order valence-corrected chi connectivity index (χ4v) is 4.99. The van der Waals surface area contributed by atoms with E-state index in [0.717, 1.165) is 5.32 Å². The molecule has 0 spiro atoms. The fraction of sp³-hybridized carbons (Fsp3) is 0.684. The van der Waals surface area contributed by atoms with Crippen LogP contribution < -0.4 is 11.1 Å². The number of halogens is 17. The van der Waals surface area contributed by atoms with E-state index in [0.29, 0.717) is 19.3 Å². The maximum atomic E-state index is 14.3. The van der Waals surface area contributed by atoms with Gasteiger partial charge in [-0.15, -0.1) is 11.3 Å². The Morgan fingerprint density at radius 2 is 1.07 bits per heavy atom. The molecule has 0 saturated carbocycles. The smallest absolute Gasteiger partial charge is 0.365 e. The molecule has 22 heteroatoms. The van der Waals surface area contributed by atoms with E-state index in [1.807, 2.05) is 0 Å². The van der Waals surface area contributed by atoms with Gasteiger partial charge in [0.15, 0.2) is 0 Å². The zero-order valence-electron chi connectivity index (χ0n) is 19.3. The van der Waals surface area contributed by atoms with Crippen molar-refractivity contribution in [2.75, 3.05) is 5.32 Å². The van der Waals surface area contributed by atoms with Crippen LogP contribution >= 0.6 is 22.9 Å². The van der Waals surface area contributed by atoms with Crippen LogP contribution in [0.4, 0.5) is 75.2 Å². The van der Waals surface area contributed by atoms with Crippen molar-refractivity contribution in [2.24, 2.45) is 5.73 Å². The topological polar surface area (TPSA) is 72.2 Å². The number of alkyl halides is 17. The quantitative estimate of drug-likeness (QED) is 0.155. The van der Waals surface area contributed by atoms with Crippen LogP contribution in [0.5, 0.6) is 0 Å². The molecule has 1 aromatic heterocycles. The Hall–Kier alpha value is -2.19. The molecular formula is C19H13ClF16N2O2S. The summed E-state index contributed by atoms with van der Waals surface area (Å²) in [5.41, 5.74) is 4.33. The summed E-state index contributed by atoms with van der Waals surface area (Å²) in [5, 5.41) is -7.13. The molecule has 0 unspecified atom stereocenters. The number of nitrogens with two attached hydrogens (primary N) is 1. The molecule has 0 radical (unpaired) electrons. The van der Waals surface area contributed by atoms with E-state index in [4.69, 9.17) is 5.73 Å². The number of hydrogen-bond acceptors (Lipinski definition) is 3. The first kappa shape index (κ1) is 35.0. The average Bonchev–Trinajstić information content (AvgIpc) is 2.98. The summed E-state index contributed by atoms with van der Waals surface area (Å²) >= 11 is 3.71. The third kappa shape index (κ3) is 4.97. The van der Waals surface area contributed by atoms with Gasteiger partial charge in [0.2, 0.25) is 0 Å². The Morgan fingerprint density at radius 1 is 0.659 bits per heavy atom. The van der Waals surface area contributed by atoms with Crippen LogP contribution in [0.15, 0.2) is 0 Å². The maximum absolute atomic E-state index is 14.3. The summed E-state index contributed by atoms with van der Waals surface area (Å²) in [6, 6.07) is 0. The third-order valence-electron chi connectivity index (χ3n) is 5.90. The van der Waals surface area contributed by atoms with Crippen molar-refractivity contribution in [3.63, 3.8) is 0 Å². The van der Waals surface area contributed by atoms with Gasteiger partial charge in [0.25, 0.3) is 5.91 Å². The molecule has 41 heavy (non-hydrogen) atoms. The molecule has 1 aliphatic rings. The van der Waals surface area contributed by atoms with Gasteiger partial charge in [0.1, 0.15) is 5.00 Å². The van der Waals surface area contributed by atoms with Crippen LogP contribution in [0, 0.1) is 0 Å². The first-order valence-electron chi connectivity index (χ1n) is 10.5. The van der Waals surface area contributed by atoms with Crippen molar-refractivity contribution in [3.05, 3.63) is 16.0 Å². The van der Waals surface area contributed by atoms with Crippen molar-refractivity contribution in [2.45, 2.75) is 78.9 Å². The highest BCUT2D eigenvalue weighted by Gasteiger charge is 2.95. The van der Waals surface area contributed by atoms with Crippen LogP contribution in [-0.2, 0) is 17.6 Å². The lowest BCUT2D eigenvalue weighted by molar-refractivity contribution is -0.445. The number of anilines is 1. The monoisotopic (exact) mass is 672 g/mol. The second-order valence-corrected chi connectivity index (χ2v) is 10.2. The van der Waals surface area contributed by atoms with Gasteiger partial charge < -0.3 is 11.1 Å². The number of carbonyl (C=O) groups excluding carboxylic acids is 2. The molecule has 3 N–H and O–H groups in total. The number of amides is 2. The molecule has 0 aromatic carbocycles. The molecule has 0 bridgehead atoms. The summed E-state index contributed by atoms with van der Waals surface area (Å²) < 4.78 is 218. The largest absolute Gasteiger partial charge is 0.393 e. The minimum Gasteiger partial charge on any atom is -0.365 e. The Balaban J connectivity index is 2.57. The second-order valence-electron chi connectivity index (χ2n) is 8.61. The number of rotatable bonds is 10. The Kier molecular flexibility index (Phi) is 8.72. The van der Waals surface area contributed by atoms with Crippen molar-refractivity contribution < 1.29 is 79.8 Å². The van der Waals surface area contributed by atoms with Crippen LogP contribution in [0.2, 0.25) is 0 Å². The van der Waals surface area contributed by atoms with Gasteiger partial charge in [-0.3, -0.25) is 9.59 Å². The van der Waals surface area contributed by atoms with E-state index in [2.05, 4.69) is 11.6 Å². The van der Waals surface area contributed by atoms with Crippen molar-refractivity contribution in [3.8, 4) is 0 Å². The highest BCUT2D eigenvalue weighted by atomic mass is 35.5. The summed E-state index contributed by atoms with van der Waals surface area (Å²) in [6.45, 7) is 0. The number of hydrogen-bond donors (Lipinski definition) is 2. The number of nitrogens with one attached hydrogen (secondary N) is 1. The van der Waals surface area contributed by atoms with Crippen LogP contribution in [0.25, 0.3) is 0 Å². The van der Waals surface area contributed by atoms with Gasteiger partial charge in [-0.1, -0.05) is 6.42 Å². The average molecular weight is 673 g/mol. The number of primary amides is 1. The first-order valence-corrected chi connectivity index (χ1v) is 11.7. The lowest BCUT2D eigenvalue weighted by atomic mass is 9.89. The van der Waals surface area contributed by atoms with Gasteiger partial charge >= 0.3 is 52.7 Å². The van der Waals surface area contributed by atoms with E-state index < -0.39 is 69.2 Å². The van der Waals surface area contributed by atoms with E-state index >= 15 is 0 Å². The summed E-state index contributed by atoms with van der Waals surface area (Å²) in [4.78, 5) is 23.9. The predicted octanol–water partition coefficient (Wildman–Crippen LogP) is 7.33.